The van der Waals surface area contributed by atoms with E-state index >= 15 is 0 Å². The summed E-state index contributed by atoms with van der Waals surface area (Å²) in [4.78, 5) is 47.2. The first-order chi connectivity index (χ1) is 20.9. The Balaban J connectivity index is 1.21. The fraction of sp³-hybridized carbons (Fsp3) is 0.471. The van der Waals surface area contributed by atoms with Gasteiger partial charge in [-0.05, 0) is 29.7 Å². The number of nitrogens with two attached hydrogens (primary N) is 2. The molecule has 1 aromatic heterocycles. The van der Waals surface area contributed by atoms with Crippen LogP contribution in [0.3, 0.4) is 0 Å². The fourth-order valence-corrected chi connectivity index (χ4v) is 8.61. The van der Waals surface area contributed by atoms with Crippen LogP contribution in [0.2, 0.25) is 0 Å². The molecule has 2 saturated heterocycles. The number of alkyl halides is 2. The summed E-state index contributed by atoms with van der Waals surface area (Å²) in [5, 5.41) is 6.92. The Bertz CT molecular complexity index is 1700. The number of anilines is 1. The number of carbonyl (C=O) groups excluding carboxylic acids is 2. The van der Waals surface area contributed by atoms with Crippen molar-refractivity contribution in [3.63, 3.8) is 0 Å². The number of carbonyl (C=O) groups is 2. The molecule has 0 radical (unpaired) electrons. The molecule has 2 amide bonds. The number of hydrogen-bond donors (Lipinski definition) is 3. The number of nitrogen functional groups attached to an aromatic ring is 1. The average molecular weight is 714 g/mol. The van der Waals surface area contributed by atoms with Crippen molar-refractivity contribution < 1.29 is 40.6 Å². The molecule has 2 atom stereocenters. The molecule has 4 heterocycles. The number of H-pyrrole nitrogens is 1. The third kappa shape index (κ3) is 6.27. The zero-order valence-electron chi connectivity index (χ0n) is 25.6. The molecule has 0 spiro atoms. The van der Waals surface area contributed by atoms with Gasteiger partial charge in [-0.2, -0.15) is 0 Å². The number of nitrogens with zero attached hydrogens (tertiary/aromatic N) is 2. The Labute approximate surface area is 267 Å². The van der Waals surface area contributed by atoms with Crippen LogP contribution in [0.1, 0.15) is 77.7 Å². The van der Waals surface area contributed by atoms with Gasteiger partial charge in [0, 0.05) is 5.56 Å². The summed E-state index contributed by atoms with van der Waals surface area (Å²) in [7, 11) is 0. The van der Waals surface area contributed by atoms with E-state index in [1.54, 1.807) is 12.3 Å². The molecule has 3 aliphatic rings. The number of piperidine rings is 1. The van der Waals surface area contributed by atoms with Gasteiger partial charge in [0.05, 0.1) is 5.52 Å². The number of amides is 2. The molecule has 0 bridgehead atoms. The summed E-state index contributed by atoms with van der Waals surface area (Å²) in [6.07, 6.45) is 3.53. The van der Waals surface area contributed by atoms with Crippen molar-refractivity contribution in [2.75, 3.05) is 29.8 Å². The van der Waals surface area contributed by atoms with Crippen LogP contribution in [0.5, 0.6) is 0 Å². The van der Waals surface area contributed by atoms with Gasteiger partial charge >= 0.3 is 202 Å². The van der Waals surface area contributed by atoms with Crippen LogP contribution in [0.25, 0.3) is 10.9 Å². The first kappa shape index (κ1) is 30.7. The second kappa shape index (κ2) is 11.9. The number of rotatable bonds is 6. The second-order valence-corrected chi connectivity index (χ2v) is 16.9. The summed E-state index contributed by atoms with van der Waals surface area (Å²) < 4.78 is 15.4. The molecule has 0 aliphatic carbocycles. The van der Waals surface area contributed by atoms with E-state index < -0.39 is 11.7 Å². The predicted molar refractivity (Wildman–Crippen MR) is 165 cm³/mol. The first-order valence-corrected chi connectivity index (χ1v) is 18.1. The number of hydrogen-bond acceptors (Lipinski definition) is 4. The third-order valence-electron chi connectivity index (χ3n) is 9.14. The number of aromatic nitrogens is 1. The normalized spacial score (nSPS) is 21.0. The van der Waals surface area contributed by atoms with Crippen LogP contribution in [0, 0.1) is 17.2 Å². The molecule has 44 heavy (non-hydrogen) atoms. The summed E-state index contributed by atoms with van der Waals surface area (Å²) in [6.45, 7) is 8.37. The van der Waals surface area contributed by atoms with Crippen molar-refractivity contribution in [3.8, 4) is 0 Å². The minimum absolute atomic E-state index is 0.000403. The molecule has 234 valence electrons. The van der Waals surface area contributed by atoms with Gasteiger partial charge in [0.25, 0.3) is 5.56 Å². The zero-order valence-corrected chi connectivity index (χ0v) is 27.7. The van der Waals surface area contributed by atoms with Gasteiger partial charge in [-0.3, -0.25) is 4.79 Å². The van der Waals surface area contributed by atoms with Crippen LogP contribution >= 0.6 is 0 Å². The number of likely N-dealkylation sites (tertiary alicyclic amines) is 1. The van der Waals surface area contributed by atoms with Gasteiger partial charge in [0.1, 0.15) is 5.82 Å². The van der Waals surface area contributed by atoms with Crippen molar-refractivity contribution in [1.29, 1.82) is 0 Å². The summed E-state index contributed by atoms with van der Waals surface area (Å²) in [6, 6.07) is 8.43. The maximum atomic E-state index is 14.1. The zero-order chi connectivity index (χ0) is 31.3. The van der Waals surface area contributed by atoms with Crippen molar-refractivity contribution in [1.82, 2.24) is 14.8 Å². The van der Waals surface area contributed by atoms with Crippen molar-refractivity contribution in [3.05, 3.63) is 74.3 Å². The number of pyridine rings is 1. The van der Waals surface area contributed by atoms with Crippen LogP contribution in [-0.2, 0) is 22.6 Å². The van der Waals surface area contributed by atoms with Gasteiger partial charge in [-0.15, -0.1) is 0 Å². The van der Waals surface area contributed by atoms with Gasteiger partial charge < -0.3 is 4.98 Å². The Kier molecular flexibility index (Phi) is 8.32. The third-order valence-corrected chi connectivity index (χ3v) is 11.6. The molecular formula is C34H41FIN5O3. The van der Waals surface area contributed by atoms with Gasteiger partial charge in [-0.1, -0.05) is 0 Å². The van der Waals surface area contributed by atoms with E-state index in [9.17, 15) is 18.8 Å². The minimum atomic E-state index is -0.469. The van der Waals surface area contributed by atoms with E-state index in [0.29, 0.717) is 60.4 Å². The maximum absolute atomic E-state index is 14.1. The summed E-state index contributed by atoms with van der Waals surface area (Å²) in [5.74, 6) is -0.884. The van der Waals surface area contributed by atoms with E-state index in [2.05, 4.69) is 31.8 Å². The molecule has 2 aromatic carbocycles. The monoisotopic (exact) mass is 713 g/mol. The molecule has 8 nitrogen and oxygen atoms in total. The first-order valence-electron chi connectivity index (χ1n) is 15.4. The van der Waals surface area contributed by atoms with Crippen LogP contribution in [0.4, 0.5) is 10.1 Å². The van der Waals surface area contributed by atoms with E-state index in [1.165, 1.54) is 16.6 Å². The Morgan fingerprint density at radius 2 is 1.89 bits per heavy atom. The topological polar surface area (TPSA) is 125 Å². The van der Waals surface area contributed by atoms with Crippen LogP contribution in [0.15, 0.2) is 35.1 Å². The quantitative estimate of drug-likeness (QED) is 0.143. The number of benzene rings is 2. The predicted octanol–water partition coefficient (Wildman–Crippen LogP) is -0.0856. The van der Waals surface area contributed by atoms with Gasteiger partial charge in [0.2, 0.25) is 0 Å². The number of fused-ring (bicyclic) bond motifs is 2. The molecule has 10 heteroatoms. The van der Waals surface area contributed by atoms with Crippen molar-refractivity contribution in [2.45, 2.75) is 62.8 Å². The van der Waals surface area contributed by atoms with Crippen molar-refractivity contribution >= 4 is 34.6 Å². The molecule has 5 N–H and O–H groups in total. The van der Waals surface area contributed by atoms with Gasteiger partial charge in [0.15, 0.2) is 0 Å². The number of aromatic amines is 1. The molecule has 6 rings (SSSR count). The summed E-state index contributed by atoms with van der Waals surface area (Å²) in [5.41, 5.74) is 12.3. The number of nitrogens with one attached hydrogen (secondary N) is 1. The van der Waals surface area contributed by atoms with Crippen LogP contribution in [-0.4, -0.2) is 56.9 Å². The molecule has 3 aromatic rings. The van der Waals surface area contributed by atoms with E-state index in [0.717, 1.165) is 33.3 Å². The van der Waals surface area contributed by atoms with Crippen molar-refractivity contribution in [2.24, 2.45) is 11.3 Å². The molecule has 2 unspecified atom stereocenters. The Hall–Kier alpha value is -3.28. The van der Waals surface area contributed by atoms with Gasteiger partial charge in [-0.25, -0.2) is 4.39 Å². The van der Waals surface area contributed by atoms with Crippen LogP contribution < -0.4 is 37.9 Å². The molecule has 3 aliphatic heterocycles. The fourth-order valence-electron chi connectivity index (χ4n) is 6.89. The molecule has 0 saturated carbocycles. The second-order valence-electron chi connectivity index (χ2n) is 13.7. The molecule has 2 fully saturated rings. The molecular weight excluding hydrogens is 672 g/mol. The van der Waals surface area contributed by atoms with E-state index in [1.807, 2.05) is 15.9 Å². The number of halogens is 2. The average Bonchev–Trinajstić information content (AvgIpc) is 3.82. The SMILES string of the molecule is CC(C)(C)CN1Cc2c(cc(C3C[I-]3)c(N)c2C=[NH2+])CC(CC(=O)N2CCC(c3cc4ccc(F)cc4[nH]c3=O)CC2)C1=O. The van der Waals surface area contributed by atoms with E-state index in [-0.39, 0.29) is 56.3 Å². The summed E-state index contributed by atoms with van der Waals surface area (Å²) >= 11 is 0.124. The van der Waals surface area contributed by atoms with E-state index in [4.69, 9.17) is 11.1 Å². The standard InChI is InChI=1S/C34H40FIN5O3/c1-34(2,3)18-41-17-27-21(12-25(28-15-36-28)31(38)26(27)16-37)10-22(33(41)44)13-30(42)40-8-6-19(7-9-40)24-11-20-4-5-23(35)14-29(20)39-32(24)43/h4-5,11-12,14,16,19,22,28,37H,6-10,13,15,17-18,38H2,1-3H3,(H,39,43)/q-1/p+1. The Morgan fingerprint density at radius 1 is 1.16 bits per heavy atom. The Morgan fingerprint density at radius 3 is 2.55 bits per heavy atom.